The molecule has 0 amide bonds. The van der Waals surface area contributed by atoms with Gasteiger partial charge in [-0.2, -0.15) is 0 Å². The molecule has 1 aliphatic heterocycles. The molecule has 2 aromatic carbocycles. The molecule has 1 unspecified atom stereocenters. The molecule has 0 aliphatic carbocycles. The summed E-state index contributed by atoms with van der Waals surface area (Å²) in [7, 11) is 0. The van der Waals surface area contributed by atoms with E-state index in [0.717, 1.165) is 13.0 Å². The minimum atomic E-state index is 0.125. The zero-order chi connectivity index (χ0) is 22.3. The molecule has 1 heteroatoms. The Morgan fingerprint density at radius 3 is 1.80 bits per heavy atom. The van der Waals surface area contributed by atoms with Gasteiger partial charge < -0.3 is 4.90 Å². The summed E-state index contributed by atoms with van der Waals surface area (Å²) in [5.74, 6) is 1.75. The van der Waals surface area contributed by atoms with E-state index in [2.05, 4.69) is 110 Å². The molecule has 0 aromatic heterocycles. The van der Waals surface area contributed by atoms with Crippen LogP contribution in [0, 0.1) is 5.92 Å². The van der Waals surface area contributed by atoms with Crippen molar-refractivity contribution in [2.24, 2.45) is 5.92 Å². The molecule has 0 bridgehead atoms. The highest BCUT2D eigenvalue weighted by molar-refractivity contribution is 5.65. The van der Waals surface area contributed by atoms with Crippen LogP contribution in [0.2, 0.25) is 0 Å². The number of rotatable bonds is 6. The standard InChI is InChI=1S/C29H43N/c1-20(2)17-23-13-15-24(16-14-23)29(9)18-28(7,8)30(19-29)27-25(21(3)4)11-10-12-26(27)22(5)6/h10-16,20-22H,17-19H2,1-9H3. The second-order valence-corrected chi connectivity index (χ2v) is 11.5. The fourth-order valence-corrected chi connectivity index (χ4v) is 5.58. The first kappa shape index (κ1) is 22.9. The van der Waals surface area contributed by atoms with Crippen LogP contribution >= 0.6 is 0 Å². The van der Waals surface area contributed by atoms with Gasteiger partial charge >= 0.3 is 0 Å². The van der Waals surface area contributed by atoms with Gasteiger partial charge in [0.05, 0.1) is 0 Å². The van der Waals surface area contributed by atoms with Crippen molar-refractivity contribution in [3.05, 3.63) is 64.7 Å². The van der Waals surface area contributed by atoms with Crippen molar-refractivity contribution in [3.63, 3.8) is 0 Å². The van der Waals surface area contributed by atoms with Gasteiger partial charge in [-0.3, -0.25) is 0 Å². The van der Waals surface area contributed by atoms with Crippen molar-refractivity contribution in [2.75, 3.05) is 11.4 Å². The number of para-hydroxylation sites is 1. The van der Waals surface area contributed by atoms with Crippen LogP contribution in [0.5, 0.6) is 0 Å². The monoisotopic (exact) mass is 405 g/mol. The summed E-state index contributed by atoms with van der Waals surface area (Å²) in [5, 5.41) is 0. The van der Waals surface area contributed by atoms with Crippen LogP contribution in [-0.4, -0.2) is 12.1 Å². The molecule has 0 saturated carbocycles. The topological polar surface area (TPSA) is 3.24 Å². The van der Waals surface area contributed by atoms with E-state index in [-0.39, 0.29) is 11.0 Å². The van der Waals surface area contributed by atoms with E-state index in [4.69, 9.17) is 0 Å². The van der Waals surface area contributed by atoms with Crippen LogP contribution in [0.1, 0.15) is 103 Å². The fourth-order valence-electron chi connectivity index (χ4n) is 5.58. The molecule has 1 heterocycles. The van der Waals surface area contributed by atoms with E-state index in [0.29, 0.717) is 17.8 Å². The predicted molar refractivity (Wildman–Crippen MR) is 133 cm³/mol. The van der Waals surface area contributed by atoms with E-state index in [1.165, 1.54) is 34.4 Å². The molecule has 2 aromatic rings. The normalized spacial score (nSPS) is 21.3. The van der Waals surface area contributed by atoms with Crippen molar-refractivity contribution in [1.82, 2.24) is 0 Å². The maximum Gasteiger partial charge on any atom is 0.0441 e. The largest absolute Gasteiger partial charge is 0.365 e. The number of anilines is 1. The maximum absolute atomic E-state index is 2.74. The smallest absolute Gasteiger partial charge is 0.0441 e. The zero-order valence-corrected chi connectivity index (χ0v) is 20.8. The number of hydrogen-bond acceptors (Lipinski definition) is 1. The molecule has 164 valence electrons. The average Bonchev–Trinajstić information content (AvgIpc) is 2.90. The van der Waals surface area contributed by atoms with Crippen LogP contribution in [0.4, 0.5) is 5.69 Å². The Morgan fingerprint density at radius 2 is 1.33 bits per heavy atom. The van der Waals surface area contributed by atoms with E-state index in [1.807, 2.05) is 0 Å². The summed E-state index contributed by atoms with van der Waals surface area (Å²) in [5.41, 5.74) is 7.71. The lowest BCUT2D eigenvalue weighted by Gasteiger charge is -2.38. The van der Waals surface area contributed by atoms with Crippen LogP contribution in [-0.2, 0) is 11.8 Å². The highest BCUT2D eigenvalue weighted by Gasteiger charge is 2.47. The van der Waals surface area contributed by atoms with Gasteiger partial charge in [-0.1, -0.05) is 90.9 Å². The SMILES string of the molecule is CC(C)Cc1ccc(C2(C)CN(c3c(C(C)C)cccc3C(C)C)C(C)(C)C2)cc1. The van der Waals surface area contributed by atoms with Crippen LogP contribution < -0.4 is 4.90 Å². The van der Waals surface area contributed by atoms with Gasteiger partial charge in [-0.25, -0.2) is 0 Å². The predicted octanol–water partition coefficient (Wildman–Crippen LogP) is 8.08. The zero-order valence-electron chi connectivity index (χ0n) is 20.8. The molecule has 1 nitrogen and oxygen atoms in total. The van der Waals surface area contributed by atoms with Crippen LogP contribution in [0.15, 0.2) is 42.5 Å². The number of benzene rings is 2. The van der Waals surface area contributed by atoms with E-state index >= 15 is 0 Å². The van der Waals surface area contributed by atoms with Gasteiger partial charge in [0.15, 0.2) is 0 Å². The molecule has 30 heavy (non-hydrogen) atoms. The quantitative estimate of drug-likeness (QED) is 0.469. The van der Waals surface area contributed by atoms with Crippen LogP contribution in [0.25, 0.3) is 0 Å². The lowest BCUT2D eigenvalue weighted by molar-refractivity contribution is 0.444. The molecular formula is C29H43N. The molecule has 0 N–H and O–H groups in total. The minimum Gasteiger partial charge on any atom is -0.365 e. The summed E-state index contributed by atoms with van der Waals surface area (Å²) in [6, 6.07) is 16.5. The molecule has 1 saturated heterocycles. The van der Waals surface area contributed by atoms with E-state index < -0.39 is 0 Å². The van der Waals surface area contributed by atoms with Gasteiger partial charge in [-0.15, -0.1) is 0 Å². The summed E-state index contributed by atoms with van der Waals surface area (Å²) < 4.78 is 0. The van der Waals surface area contributed by atoms with Gasteiger partial charge in [0.25, 0.3) is 0 Å². The summed E-state index contributed by atoms with van der Waals surface area (Å²) in [4.78, 5) is 2.74. The van der Waals surface area contributed by atoms with Gasteiger partial charge in [0.2, 0.25) is 0 Å². The lowest BCUT2D eigenvalue weighted by atomic mass is 9.77. The van der Waals surface area contributed by atoms with E-state index in [9.17, 15) is 0 Å². The second kappa shape index (κ2) is 8.40. The summed E-state index contributed by atoms with van der Waals surface area (Å²) in [6.45, 7) is 22.3. The Morgan fingerprint density at radius 1 is 0.800 bits per heavy atom. The van der Waals surface area contributed by atoms with Crippen molar-refractivity contribution < 1.29 is 0 Å². The fraction of sp³-hybridized carbons (Fsp3) is 0.586. The third-order valence-electron chi connectivity index (χ3n) is 6.97. The molecular weight excluding hydrogens is 362 g/mol. The van der Waals surface area contributed by atoms with Gasteiger partial charge in [0.1, 0.15) is 0 Å². The Labute approximate surface area is 185 Å². The Kier molecular flexibility index (Phi) is 6.42. The summed E-state index contributed by atoms with van der Waals surface area (Å²) >= 11 is 0. The van der Waals surface area contributed by atoms with Crippen molar-refractivity contribution in [2.45, 2.75) is 97.9 Å². The molecule has 1 atom stereocenters. The Balaban J connectivity index is 2.02. The van der Waals surface area contributed by atoms with Crippen molar-refractivity contribution >= 4 is 5.69 Å². The van der Waals surface area contributed by atoms with Crippen molar-refractivity contribution in [3.8, 4) is 0 Å². The third kappa shape index (κ3) is 4.46. The highest BCUT2D eigenvalue weighted by atomic mass is 15.2. The first-order valence-corrected chi connectivity index (χ1v) is 11.9. The maximum atomic E-state index is 2.74. The average molecular weight is 406 g/mol. The second-order valence-electron chi connectivity index (χ2n) is 11.5. The molecule has 3 rings (SSSR count). The Bertz CT molecular complexity index is 830. The molecule has 0 radical (unpaired) electrons. The number of hydrogen-bond donors (Lipinski definition) is 0. The Hall–Kier alpha value is -1.76. The first-order valence-electron chi connectivity index (χ1n) is 11.9. The van der Waals surface area contributed by atoms with E-state index in [1.54, 1.807) is 0 Å². The first-order chi connectivity index (χ1) is 13.9. The van der Waals surface area contributed by atoms with Gasteiger partial charge in [-0.05, 0) is 66.7 Å². The van der Waals surface area contributed by atoms with Crippen LogP contribution in [0.3, 0.4) is 0 Å². The lowest BCUT2D eigenvalue weighted by Crippen LogP contribution is -2.39. The molecule has 1 fully saturated rings. The van der Waals surface area contributed by atoms with Gasteiger partial charge in [0, 0.05) is 23.2 Å². The molecule has 0 spiro atoms. The highest BCUT2D eigenvalue weighted by Crippen LogP contribution is 2.49. The third-order valence-corrected chi connectivity index (χ3v) is 6.97. The minimum absolute atomic E-state index is 0.125. The molecule has 1 aliphatic rings. The number of nitrogens with zero attached hydrogens (tertiary/aromatic N) is 1. The van der Waals surface area contributed by atoms with Crippen molar-refractivity contribution in [1.29, 1.82) is 0 Å². The summed E-state index contributed by atoms with van der Waals surface area (Å²) in [6.07, 6.45) is 2.33.